The largest absolute Gasteiger partial charge is 0.497 e. The summed E-state index contributed by atoms with van der Waals surface area (Å²) in [6, 6.07) is 7.15. The molecule has 0 aromatic heterocycles. The van der Waals surface area contributed by atoms with Gasteiger partial charge in [-0.05, 0) is 30.5 Å². The van der Waals surface area contributed by atoms with Crippen molar-refractivity contribution < 1.29 is 28.8 Å². The third-order valence-corrected chi connectivity index (χ3v) is 5.23. The summed E-state index contributed by atoms with van der Waals surface area (Å²) in [7, 11) is 1.56. The highest BCUT2D eigenvalue weighted by Gasteiger charge is 2.44. The van der Waals surface area contributed by atoms with Crippen molar-refractivity contribution in [3.63, 3.8) is 0 Å². The van der Waals surface area contributed by atoms with Crippen LogP contribution in [0.4, 0.5) is 0 Å². The van der Waals surface area contributed by atoms with Crippen LogP contribution >= 0.6 is 0 Å². The van der Waals surface area contributed by atoms with E-state index < -0.39 is 34.7 Å². The summed E-state index contributed by atoms with van der Waals surface area (Å²) in [6.07, 6.45) is -1.07. The monoisotopic (exact) mass is 406 g/mol. The molecule has 9 heteroatoms. The highest BCUT2D eigenvalue weighted by Crippen LogP contribution is 2.36. The van der Waals surface area contributed by atoms with E-state index >= 15 is 0 Å². The molecule has 0 heterocycles. The Hall–Kier alpha value is -2.97. The zero-order valence-corrected chi connectivity index (χ0v) is 16.8. The molecule has 1 fully saturated rings. The molecule has 9 nitrogen and oxygen atoms in total. The molecule has 158 valence electrons. The number of carbonyl (C=O) groups excluding carboxylic acids is 3. The van der Waals surface area contributed by atoms with Crippen LogP contribution in [0.1, 0.15) is 32.3 Å². The lowest BCUT2D eigenvalue weighted by Crippen LogP contribution is -2.36. The van der Waals surface area contributed by atoms with Crippen molar-refractivity contribution in [2.24, 2.45) is 17.8 Å². The second kappa shape index (κ2) is 9.99. The molecule has 0 unspecified atom stereocenters. The molecule has 0 saturated heterocycles. The fraction of sp³-hybridized carbons (Fsp3) is 0.550. The van der Waals surface area contributed by atoms with Crippen LogP contribution in [0.25, 0.3) is 0 Å². The predicted octanol–water partition coefficient (Wildman–Crippen LogP) is 1.75. The van der Waals surface area contributed by atoms with E-state index in [0.717, 1.165) is 5.56 Å². The Morgan fingerprint density at radius 3 is 2.55 bits per heavy atom. The predicted molar refractivity (Wildman–Crippen MR) is 103 cm³/mol. The number of nitro groups is 1. The number of hydrogen-bond acceptors (Lipinski definition) is 7. The van der Waals surface area contributed by atoms with Gasteiger partial charge in [0.05, 0.1) is 13.5 Å². The Morgan fingerprint density at radius 2 is 1.97 bits per heavy atom. The van der Waals surface area contributed by atoms with Crippen LogP contribution in [-0.4, -0.2) is 42.3 Å². The first kappa shape index (κ1) is 22.3. The van der Waals surface area contributed by atoms with E-state index in [-0.39, 0.29) is 37.6 Å². The number of esters is 1. The van der Waals surface area contributed by atoms with Gasteiger partial charge in [0.2, 0.25) is 6.54 Å². The lowest BCUT2D eigenvalue weighted by atomic mass is 9.88. The first-order valence-electron chi connectivity index (χ1n) is 9.45. The summed E-state index contributed by atoms with van der Waals surface area (Å²) in [5, 5.41) is 13.5. The number of ether oxygens (including phenoxy) is 2. The number of methoxy groups -OCH3 is 1. The van der Waals surface area contributed by atoms with Gasteiger partial charge in [0.25, 0.3) is 5.91 Å². The van der Waals surface area contributed by atoms with Crippen molar-refractivity contribution in [3.8, 4) is 5.75 Å². The molecule has 1 aromatic rings. The molecule has 1 saturated carbocycles. The molecule has 1 amide bonds. The topological polar surface area (TPSA) is 125 Å². The van der Waals surface area contributed by atoms with Crippen LogP contribution in [0.5, 0.6) is 5.75 Å². The highest BCUT2D eigenvalue weighted by molar-refractivity contribution is 5.89. The van der Waals surface area contributed by atoms with Crippen LogP contribution in [0.2, 0.25) is 0 Å². The molecular weight excluding hydrogens is 380 g/mol. The van der Waals surface area contributed by atoms with Crippen LogP contribution in [0.3, 0.4) is 0 Å². The number of carbonyl (C=O) groups is 3. The fourth-order valence-electron chi connectivity index (χ4n) is 3.55. The van der Waals surface area contributed by atoms with Gasteiger partial charge in [-0.2, -0.15) is 0 Å². The standard InChI is InChI=1S/C20H26N2O7/c1-12-8-18(23)16(17(12)11-22(26)27)9-19(24)29-13(2)20(25)21-10-14-4-6-15(28-3)7-5-14/h4-7,12-13,16-17H,8-11H2,1-3H3,(H,21,25)/t12-,13-,16+,17+/m0/s1. The molecule has 2 rings (SSSR count). The summed E-state index contributed by atoms with van der Waals surface area (Å²) in [4.78, 5) is 46.9. The molecule has 1 aliphatic rings. The number of ketones is 1. The Labute approximate surface area is 168 Å². The van der Waals surface area contributed by atoms with E-state index in [1.807, 2.05) is 0 Å². The van der Waals surface area contributed by atoms with Gasteiger partial charge in [0.15, 0.2) is 6.10 Å². The zero-order valence-electron chi connectivity index (χ0n) is 16.8. The first-order valence-corrected chi connectivity index (χ1v) is 9.45. The molecule has 4 atom stereocenters. The minimum atomic E-state index is -1.04. The van der Waals surface area contributed by atoms with Crippen molar-refractivity contribution >= 4 is 17.7 Å². The smallest absolute Gasteiger partial charge is 0.307 e. The van der Waals surface area contributed by atoms with Crippen molar-refractivity contribution in [1.29, 1.82) is 0 Å². The molecule has 29 heavy (non-hydrogen) atoms. The third-order valence-electron chi connectivity index (χ3n) is 5.23. The average Bonchev–Trinajstić information content (AvgIpc) is 2.92. The van der Waals surface area contributed by atoms with Crippen molar-refractivity contribution in [2.45, 2.75) is 39.3 Å². The maximum absolute atomic E-state index is 12.2. The quantitative estimate of drug-likeness (QED) is 0.376. The Morgan fingerprint density at radius 1 is 1.31 bits per heavy atom. The lowest BCUT2D eigenvalue weighted by molar-refractivity contribution is -0.490. The molecule has 1 aliphatic carbocycles. The van der Waals surface area contributed by atoms with E-state index in [1.165, 1.54) is 6.92 Å². The fourth-order valence-corrected chi connectivity index (χ4v) is 3.55. The summed E-state index contributed by atoms with van der Waals surface area (Å²) in [5.41, 5.74) is 0.853. The normalized spacial score (nSPS) is 22.0. The summed E-state index contributed by atoms with van der Waals surface area (Å²) < 4.78 is 10.2. The maximum atomic E-state index is 12.2. The molecule has 0 spiro atoms. The number of nitrogens with zero attached hydrogens (tertiary/aromatic N) is 1. The van der Waals surface area contributed by atoms with Crippen molar-refractivity contribution in [3.05, 3.63) is 39.9 Å². The molecule has 0 aliphatic heterocycles. The van der Waals surface area contributed by atoms with Crippen LogP contribution in [0.15, 0.2) is 24.3 Å². The van der Waals surface area contributed by atoms with Gasteiger partial charge in [0, 0.05) is 29.7 Å². The Balaban J connectivity index is 1.84. The number of benzene rings is 1. The van der Waals surface area contributed by atoms with Crippen molar-refractivity contribution in [1.82, 2.24) is 5.32 Å². The summed E-state index contributed by atoms with van der Waals surface area (Å²) in [5.74, 6) is -2.04. The number of hydrogen-bond donors (Lipinski definition) is 1. The van der Waals surface area contributed by atoms with Gasteiger partial charge >= 0.3 is 5.97 Å². The second-order valence-electron chi connectivity index (χ2n) is 7.34. The van der Waals surface area contributed by atoms with Gasteiger partial charge in [-0.1, -0.05) is 19.1 Å². The van der Waals surface area contributed by atoms with Gasteiger partial charge in [0.1, 0.15) is 11.5 Å². The second-order valence-corrected chi connectivity index (χ2v) is 7.34. The van der Waals surface area contributed by atoms with Gasteiger partial charge < -0.3 is 14.8 Å². The van der Waals surface area contributed by atoms with Crippen LogP contribution < -0.4 is 10.1 Å². The third kappa shape index (κ3) is 6.27. The molecule has 0 radical (unpaired) electrons. The van der Waals surface area contributed by atoms with E-state index in [4.69, 9.17) is 9.47 Å². The van der Waals surface area contributed by atoms with Crippen LogP contribution in [0, 0.1) is 27.9 Å². The average molecular weight is 406 g/mol. The van der Waals surface area contributed by atoms with Gasteiger partial charge in [-0.25, -0.2) is 0 Å². The number of rotatable bonds is 9. The number of amides is 1. The van der Waals surface area contributed by atoms with E-state index in [0.29, 0.717) is 5.75 Å². The van der Waals surface area contributed by atoms with E-state index in [2.05, 4.69) is 5.32 Å². The van der Waals surface area contributed by atoms with Gasteiger partial charge in [-0.15, -0.1) is 0 Å². The molecule has 1 N–H and O–H groups in total. The lowest BCUT2D eigenvalue weighted by Gasteiger charge is -2.18. The van der Waals surface area contributed by atoms with E-state index in [1.54, 1.807) is 38.3 Å². The SMILES string of the molecule is COc1ccc(CNC(=O)[C@H](C)OC(=O)C[C@H]2C(=O)C[C@H](C)[C@H]2C[N+](=O)[O-])cc1. The maximum Gasteiger partial charge on any atom is 0.307 e. The Kier molecular flexibility index (Phi) is 7.69. The summed E-state index contributed by atoms with van der Waals surface area (Å²) >= 11 is 0. The molecular formula is C20H26N2O7. The molecule has 0 bridgehead atoms. The Bertz CT molecular complexity index is 763. The molecule has 1 aromatic carbocycles. The highest BCUT2D eigenvalue weighted by atomic mass is 16.6. The van der Waals surface area contributed by atoms with Crippen LogP contribution in [-0.2, 0) is 25.7 Å². The zero-order chi connectivity index (χ0) is 21.6. The number of Topliss-reactive ketones (excluding diaryl/α,β-unsaturated/α-hetero) is 1. The minimum Gasteiger partial charge on any atom is -0.497 e. The summed E-state index contributed by atoms with van der Waals surface area (Å²) in [6.45, 7) is 3.11. The van der Waals surface area contributed by atoms with Crippen molar-refractivity contribution in [2.75, 3.05) is 13.7 Å². The first-order chi connectivity index (χ1) is 13.7. The van der Waals surface area contributed by atoms with Gasteiger partial charge in [-0.3, -0.25) is 24.5 Å². The van der Waals surface area contributed by atoms with E-state index in [9.17, 15) is 24.5 Å². The minimum absolute atomic E-state index is 0.157. The number of nitrogens with one attached hydrogen (secondary N) is 1.